The van der Waals surface area contributed by atoms with Gasteiger partial charge in [-0.3, -0.25) is 4.68 Å². The lowest BCUT2D eigenvalue weighted by molar-refractivity contribution is 0.237. The minimum Gasteiger partial charge on any atom is -0.338 e. The number of amides is 2. The molecule has 0 saturated carbocycles. The second-order valence-corrected chi connectivity index (χ2v) is 6.57. The highest BCUT2D eigenvalue weighted by atomic mass is 16.2. The largest absolute Gasteiger partial charge is 0.338 e. The first-order valence-electron chi connectivity index (χ1n) is 8.46. The van der Waals surface area contributed by atoms with Crippen molar-refractivity contribution in [1.29, 1.82) is 0 Å². The normalized spacial score (nSPS) is 14.5. The molecule has 1 atom stereocenters. The lowest BCUT2D eigenvalue weighted by atomic mass is 10.2. The minimum atomic E-state index is -0.175. The molecule has 2 N–H and O–H groups in total. The van der Waals surface area contributed by atoms with Crippen LogP contribution in [0.25, 0.3) is 0 Å². The number of aryl methyl sites for hydroxylation is 3. The molecule has 0 radical (unpaired) electrons. The van der Waals surface area contributed by atoms with Gasteiger partial charge in [0.1, 0.15) is 5.82 Å². The third-order valence-corrected chi connectivity index (χ3v) is 4.29. The molecule has 130 valence electrons. The van der Waals surface area contributed by atoms with Crippen molar-refractivity contribution in [3.05, 3.63) is 29.1 Å². The average molecular weight is 331 g/mol. The number of fused-ring (bicyclic) bond motifs is 1. The zero-order valence-electron chi connectivity index (χ0n) is 14.5. The number of rotatable bonds is 6. The van der Waals surface area contributed by atoms with Crippen molar-refractivity contribution >= 4 is 6.03 Å². The van der Waals surface area contributed by atoms with Crippen LogP contribution < -0.4 is 10.6 Å². The maximum absolute atomic E-state index is 12.0. The molecular formula is C16H25N7O. The molecule has 0 unspecified atom stereocenters. The summed E-state index contributed by atoms with van der Waals surface area (Å²) in [5, 5.41) is 18.5. The minimum absolute atomic E-state index is 0.175. The van der Waals surface area contributed by atoms with E-state index in [1.165, 1.54) is 0 Å². The Morgan fingerprint density at radius 3 is 2.92 bits per heavy atom. The topological polar surface area (TPSA) is 89.7 Å². The number of nitrogens with zero attached hydrogens (tertiary/aromatic N) is 5. The highest BCUT2D eigenvalue weighted by molar-refractivity contribution is 5.73. The third-order valence-electron chi connectivity index (χ3n) is 4.29. The summed E-state index contributed by atoms with van der Waals surface area (Å²) in [6.07, 6.45) is 2.08. The molecule has 8 heteroatoms. The Balaban J connectivity index is 1.41. The van der Waals surface area contributed by atoms with E-state index in [9.17, 15) is 4.79 Å². The Hall–Kier alpha value is -2.38. The summed E-state index contributed by atoms with van der Waals surface area (Å²) in [4.78, 5) is 12.0. The van der Waals surface area contributed by atoms with E-state index < -0.39 is 0 Å². The first kappa shape index (κ1) is 16.5. The van der Waals surface area contributed by atoms with Gasteiger partial charge in [0, 0.05) is 31.7 Å². The van der Waals surface area contributed by atoms with Crippen LogP contribution in [0.2, 0.25) is 0 Å². The summed E-state index contributed by atoms with van der Waals surface area (Å²) in [5.41, 5.74) is 2.16. The summed E-state index contributed by atoms with van der Waals surface area (Å²) in [5.74, 6) is 2.14. The van der Waals surface area contributed by atoms with Crippen molar-refractivity contribution in [2.45, 2.75) is 53.2 Å². The van der Waals surface area contributed by atoms with Gasteiger partial charge in [0.2, 0.25) is 0 Å². The molecule has 0 fully saturated rings. The summed E-state index contributed by atoms with van der Waals surface area (Å²) < 4.78 is 4.07. The second kappa shape index (κ2) is 7.02. The van der Waals surface area contributed by atoms with Gasteiger partial charge in [-0.15, -0.1) is 10.2 Å². The van der Waals surface area contributed by atoms with Crippen LogP contribution in [-0.2, 0) is 26.1 Å². The molecule has 0 spiro atoms. The van der Waals surface area contributed by atoms with E-state index in [1.807, 2.05) is 18.5 Å². The lowest BCUT2D eigenvalue weighted by Gasteiger charge is -2.14. The van der Waals surface area contributed by atoms with E-state index in [0.717, 1.165) is 49.0 Å². The highest BCUT2D eigenvalue weighted by Crippen LogP contribution is 2.13. The number of carbonyl (C=O) groups is 1. The maximum Gasteiger partial charge on any atom is 0.315 e. The van der Waals surface area contributed by atoms with Gasteiger partial charge in [-0.25, -0.2) is 4.79 Å². The fourth-order valence-corrected chi connectivity index (χ4v) is 3.05. The Bertz CT molecular complexity index is 718. The molecule has 2 aromatic rings. The Kier molecular flexibility index (Phi) is 4.82. The monoisotopic (exact) mass is 331 g/mol. The number of hydrogen-bond donors (Lipinski definition) is 2. The molecule has 1 aliphatic rings. The van der Waals surface area contributed by atoms with Crippen LogP contribution in [0.15, 0.2) is 6.07 Å². The Morgan fingerprint density at radius 1 is 1.33 bits per heavy atom. The van der Waals surface area contributed by atoms with Crippen LogP contribution in [0.3, 0.4) is 0 Å². The second-order valence-electron chi connectivity index (χ2n) is 6.57. The van der Waals surface area contributed by atoms with Crippen LogP contribution in [0, 0.1) is 19.8 Å². The number of nitrogens with one attached hydrogen (secondary N) is 2. The van der Waals surface area contributed by atoms with Crippen LogP contribution >= 0.6 is 0 Å². The maximum atomic E-state index is 12.0. The third kappa shape index (κ3) is 3.74. The molecular weight excluding hydrogens is 306 g/mol. The first-order chi connectivity index (χ1) is 11.5. The zero-order valence-corrected chi connectivity index (χ0v) is 14.5. The molecule has 0 saturated heterocycles. The van der Waals surface area contributed by atoms with Gasteiger partial charge >= 0.3 is 6.03 Å². The van der Waals surface area contributed by atoms with E-state index in [2.05, 4.69) is 43.5 Å². The van der Waals surface area contributed by atoms with E-state index in [0.29, 0.717) is 19.0 Å². The fourth-order valence-electron chi connectivity index (χ4n) is 3.05. The van der Waals surface area contributed by atoms with Crippen LogP contribution in [0.4, 0.5) is 4.79 Å². The van der Waals surface area contributed by atoms with Gasteiger partial charge in [-0.1, -0.05) is 6.92 Å². The number of aromatic nitrogens is 5. The lowest BCUT2D eigenvalue weighted by Crippen LogP contribution is -2.38. The molecule has 0 aliphatic carbocycles. The predicted octanol–water partition coefficient (Wildman–Crippen LogP) is 1.17. The SMILES string of the molecule is Cc1cc(C)n(C[C@@H](C)CNC(=O)NCc2nnc3n2CCC3)n1. The van der Waals surface area contributed by atoms with Gasteiger partial charge in [-0.2, -0.15) is 5.10 Å². The molecule has 2 aromatic heterocycles. The first-order valence-corrected chi connectivity index (χ1v) is 8.46. The van der Waals surface area contributed by atoms with E-state index in [-0.39, 0.29) is 6.03 Å². The van der Waals surface area contributed by atoms with Crippen LogP contribution in [0.5, 0.6) is 0 Å². The molecule has 0 bridgehead atoms. The zero-order chi connectivity index (χ0) is 17.1. The number of carbonyl (C=O) groups excluding carboxylic acids is 1. The summed E-state index contributed by atoms with van der Waals surface area (Å²) in [6.45, 7) is 8.87. The number of urea groups is 1. The van der Waals surface area contributed by atoms with E-state index in [1.54, 1.807) is 0 Å². The van der Waals surface area contributed by atoms with Crippen molar-refractivity contribution in [2.24, 2.45) is 5.92 Å². The summed E-state index contributed by atoms with van der Waals surface area (Å²) in [6, 6.07) is 1.88. The molecule has 3 heterocycles. The molecule has 3 rings (SSSR count). The molecule has 1 aliphatic heterocycles. The molecule has 24 heavy (non-hydrogen) atoms. The molecule has 0 aromatic carbocycles. The summed E-state index contributed by atoms with van der Waals surface area (Å²) in [7, 11) is 0. The average Bonchev–Trinajstić information content (AvgIpc) is 3.20. The van der Waals surface area contributed by atoms with E-state index in [4.69, 9.17) is 0 Å². The van der Waals surface area contributed by atoms with Crippen LogP contribution in [-0.4, -0.2) is 37.1 Å². The van der Waals surface area contributed by atoms with Gasteiger partial charge in [-0.05, 0) is 32.3 Å². The van der Waals surface area contributed by atoms with Crippen molar-refractivity contribution in [1.82, 2.24) is 35.2 Å². The van der Waals surface area contributed by atoms with Gasteiger partial charge in [0.25, 0.3) is 0 Å². The van der Waals surface area contributed by atoms with Gasteiger partial charge < -0.3 is 15.2 Å². The molecule has 8 nitrogen and oxygen atoms in total. The Labute approximate surface area is 141 Å². The number of hydrogen-bond acceptors (Lipinski definition) is 4. The summed E-state index contributed by atoms with van der Waals surface area (Å²) >= 11 is 0. The van der Waals surface area contributed by atoms with Crippen molar-refractivity contribution in [2.75, 3.05) is 6.54 Å². The molecule has 2 amide bonds. The quantitative estimate of drug-likeness (QED) is 0.831. The predicted molar refractivity (Wildman–Crippen MR) is 89.4 cm³/mol. The van der Waals surface area contributed by atoms with Crippen molar-refractivity contribution in [3.63, 3.8) is 0 Å². The fraction of sp³-hybridized carbons (Fsp3) is 0.625. The smallest absolute Gasteiger partial charge is 0.315 e. The van der Waals surface area contributed by atoms with Crippen molar-refractivity contribution < 1.29 is 4.79 Å². The van der Waals surface area contributed by atoms with Crippen LogP contribution in [0.1, 0.15) is 36.4 Å². The van der Waals surface area contributed by atoms with Gasteiger partial charge in [0.05, 0.1) is 12.2 Å². The Morgan fingerprint density at radius 2 is 2.17 bits per heavy atom. The highest BCUT2D eigenvalue weighted by Gasteiger charge is 2.17. The van der Waals surface area contributed by atoms with Gasteiger partial charge in [0.15, 0.2) is 5.82 Å². The standard InChI is InChI=1S/C16H25N7O/c1-11(10-23-13(3)7-12(2)21-23)8-17-16(24)18-9-15-20-19-14-5-4-6-22(14)15/h7,11H,4-6,8-10H2,1-3H3,(H2,17,18,24)/t11-/m0/s1. The van der Waals surface area contributed by atoms with Crippen molar-refractivity contribution in [3.8, 4) is 0 Å². The van der Waals surface area contributed by atoms with E-state index >= 15 is 0 Å².